The lowest BCUT2D eigenvalue weighted by Gasteiger charge is -2.04. The molecule has 0 aliphatic heterocycles. The zero-order chi connectivity index (χ0) is 15.2. The monoisotopic (exact) mass is 308 g/mol. The first-order valence-corrected chi connectivity index (χ1v) is 7.00. The highest BCUT2D eigenvalue weighted by Gasteiger charge is 2.09. The van der Waals surface area contributed by atoms with E-state index in [0.717, 1.165) is 24.1 Å². The second-order valence-electron chi connectivity index (χ2n) is 4.72. The van der Waals surface area contributed by atoms with Crippen LogP contribution in [-0.4, -0.2) is 34.6 Å². The molecule has 0 saturated heterocycles. The fourth-order valence-electron chi connectivity index (χ4n) is 2.07. The molecular weight excluding hydrogens is 292 g/mol. The van der Waals surface area contributed by atoms with Crippen molar-refractivity contribution in [1.29, 1.82) is 0 Å². The van der Waals surface area contributed by atoms with Gasteiger partial charge >= 0.3 is 5.97 Å². The number of methoxy groups -OCH3 is 1. The van der Waals surface area contributed by atoms with Gasteiger partial charge in [0.15, 0.2) is 0 Å². The molecule has 0 fully saturated rings. The van der Waals surface area contributed by atoms with E-state index in [2.05, 4.69) is 5.10 Å². The van der Waals surface area contributed by atoms with E-state index in [9.17, 15) is 4.79 Å². The first-order valence-electron chi connectivity index (χ1n) is 6.62. The van der Waals surface area contributed by atoms with Gasteiger partial charge in [-0.1, -0.05) is 17.7 Å². The van der Waals surface area contributed by atoms with Crippen LogP contribution >= 0.6 is 11.6 Å². The number of aryl methyl sites for hydroxylation is 1. The number of carbonyl (C=O) groups is 1. The summed E-state index contributed by atoms with van der Waals surface area (Å²) >= 11 is 6.20. The number of aliphatic carboxylic acids is 1. The highest BCUT2D eigenvalue weighted by molar-refractivity contribution is 6.33. The van der Waals surface area contributed by atoms with E-state index in [-0.39, 0.29) is 6.42 Å². The molecule has 0 saturated carbocycles. The smallest absolute Gasteiger partial charge is 0.307 e. The fraction of sp³-hybridized carbons (Fsp3) is 0.333. The third-order valence-corrected chi connectivity index (χ3v) is 3.40. The number of hydrogen-bond donors (Lipinski definition) is 1. The molecule has 112 valence electrons. The SMILES string of the molecule is COCCCn1cc(-c2cc(CC(=O)O)ccc2Cl)cn1. The fourth-order valence-corrected chi connectivity index (χ4v) is 2.30. The van der Waals surface area contributed by atoms with E-state index in [4.69, 9.17) is 21.4 Å². The number of nitrogens with zero attached hydrogens (tertiary/aromatic N) is 2. The summed E-state index contributed by atoms with van der Waals surface area (Å²) in [5.41, 5.74) is 2.40. The number of aromatic nitrogens is 2. The first-order chi connectivity index (χ1) is 10.1. The lowest BCUT2D eigenvalue weighted by Crippen LogP contribution is -2.01. The maximum absolute atomic E-state index is 10.8. The molecule has 0 radical (unpaired) electrons. The van der Waals surface area contributed by atoms with Gasteiger partial charge in [0.2, 0.25) is 0 Å². The Bertz CT molecular complexity index is 625. The van der Waals surface area contributed by atoms with Crippen LogP contribution in [0.5, 0.6) is 0 Å². The zero-order valence-corrected chi connectivity index (χ0v) is 12.5. The molecule has 0 unspecified atom stereocenters. The Morgan fingerprint density at radius 1 is 1.48 bits per heavy atom. The quantitative estimate of drug-likeness (QED) is 0.799. The maximum atomic E-state index is 10.8. The van der Waals surface area contributed by atoms with Crippen molar-refractivity contribution in [3.63, 3.8) is 0 Å². The number of halogens is 1. The number of benzene rings is 1. The van der Waals surface area contributed by atoms with Crippen molar-refractivity contribution in [3.05, 3.63) is 41.2 Å². The molecule has 0 aliphatic rings. The second kappa shape index (κ2) is 7.24. The van der Waals surface area contributed by atoms with Gasteiger partial charge < -0.3 is 9.84 Å². The van der Waals surface area contributed by atoms with Crippen LogP contribution in [0.3, 0.4) is 0 Å². The largest absolute Gasteiger partial charge is 0.481 e. The lowest BCUT2D eigenvalue weighted by molar-refractivity contribution is -0.136. The maximum Gasteiger partial charge on any atom is 0.307 e. The van der Waals surface area contributed by atoms with Crippen LogP contribution in [-0.2, 0) is 22.5 Å². The molecule has 0 aliphatic carbocycles. The second-order valence-corrected chi connectivity index (χ2v) is 5.13. The summed E-state index contributed by atoms with van der Waals surface area (Å²) in [5, 5.41) is 13.7. The van der Waals surface area contributed by atoms with Crippen LogP contribution in [0.25, 0.3) is 11.1 Å². The minimum atomic E-state index is -0.862. The predicted molar refractivity (Wildman–Crippen MR) is 80.5 cm³/mol. The van der Waals surface area contributed by atoms with Crippen molar-refractivity contribution in [3.8, 4) is 11.1 Å². The number of ether oxygens (including phenoxy) is 1. The van der Waals surface area contributed by atoms with Crippen molar-refractivity contribution >= 4 is 17.6 Å². The molecular formula is C15H17ClN2O3. The van der Waals surface area contributed by atoms with Gasteiger partial charge in [0, 0.05) is 42.6 Å². The molecule has 1 aromatic carbocycles. The van der Waals surface area contributed by atoms with Gasteiger partial charge in [-0.25, -0.2) is 0 Å². The zero-order valence-electron chi connectivity index (χ0n) is 11.8. The van der Waals surface area contributed by atoms with Crippen LogP contribution in [0, 0.1) is 0 Å². The Morgan fingerprint density at radius 2 is 2.29 bits per heavy atom. The molecule has 1 aromatic heterocycles. The van der Waals surface area contributed by atoms with Gasteiger partial charge in [0.05, 0.1) is 12.6 Å². The molecule has 5 nitrogen and oxygen atoms in total. The molecule has 2 aromatic rings. The molecule has 0 bridgehead atoms. The van der Waals surface area contributed by atoms with Crippen molar-refractivity contribution in [1.82, 2.24) is 9.78 Å². The summed E-state index contributed by atoms with van der Waals surface area (Å²) in [6.45, 7) is 1.45. The number of carboxylic acids is 1. The number of carboxylic acid groups (broad SMARTS) is 1. The minimum absolute atomic E-state index is 0.0217. The molecule has 1 heterocycles. The Balaban J connectivity index is 2.18. The third kappa shape index (κ3) is 4.31. The first kappa shape index (κ1) is 15.5. The van der Waals surface area contributed by atoms with Crippen LogP contribution < -0.4 is 0 Å². The molecule has 0 amide bonds. The van der Waals surface area contributed by atoms with Gasteiger partial charge in [0.25, 0.3) is 0 Å². The summed E-state index contributed by atoms with van der Waals surface area (Å²) < 4.78 is 6.84. The van der Waals surface area contributed by atoms with Gasteiger partial charge in [-0.05, 0) is 24.1 Å². The Kier molecular flexibility index (Phi) is 5.36. The summed E-state index contributed by atoms with van der Waals surface area (Å²) in [5.74, 6) is -0.862. The molecule has 1 N–H and O–H groups in total. The molecule has 0 spiro atoms. The number of rotatable bonds is 7. The summed E-state index contributed by atoms with van der Waals surface area (Å²) in [6.07, 6.45) is 4.50. The topological polar surface area (TPSA) is 64.3 Å². The standard InChI is InChI=1S/C15H17ClN2O3/c1-21-6-2-5-18-10-12(9-17-18)13-7-11(8-15(19)20)3-4-14(13)16/h3-4,7,9-10H,2,5-6,8H2,1H3,(H,19,20). The third-order valence-electron chi connectivity index (χ3n) is 3.07. The van der Waals surface area contributed by atoms with Crippen LogP contribution in [0.2, 0.25) is 5.02 Å². The average Bonchev–Trinajstić information content (AvgIpc) is 2.89. The van der Waals surface area contributed by atoms with Gasteiger partial charge in [-0.2, -0.15) is 5.10 Å². The van der Waals surface area contributed by atoms with Gasteiger partial charge in [-0.3, -0.25) is 9.48 Å². The highest BCUT2D eigenvalue weighted by atomic mass is 35.5. The summed E-state index contributed by atoms with van der Waals surface area (Å²) in [4.78, 5) is 10.8. The Labute approximate surface area is 128 Å². The average molecular weight is 309 g/mol. The van der Waals surface area contributed by atoms with Crippen molar-refractivity contribution in [2.24, 2.45) is 0 Å². The van der Waals surface area contributed by atoms with E-state index in [0.29, 0.717) is 17.2 Å². The lowest BCUT2D eigenvalue weighted by atomic mass is 10.0. The predicted octanol–water partition coefficient (Wildman–Crippen LogP) is 2.87. The van der Waals surface area contributed by atoms with Crippen LogP contribution in [0.1, 0.15) is 12.0 Å². The van der Waals surface area contributed by atoms with Crippen molar-refractivity contribution in [2.75, 3.05) is 13.7 Å². The highest BCUT2D eigenvalue weighted by Crippen LogP contribution is 2.28. The molecule has 2 rings (SSSR count). The summed E-state index contributed by atoms with van der Waals surface area (Å²) in [6, 6.07) is 5.24. The van der Waals surface area contributed by atoms with E-state index in [1.54, 1.807) is 31.5 Å². The molecule has 21 heavy (non-hydrogen) atoms. The molecule has 6 heteroatoms. The van der Waals surface area contributed by atoms with E-state index < -0.39 is 5.97 Å². The van der Waals surface area contributed by atoms with Crippen LogP contribution in [0.15, 0.2) is 30.6 Å². The Morgan fingerprint density at radius 3 is 3.00 bits per heavy atom. The normalized spacial score (nSPS) is 10.8. The number of hydrogen-bond acceptors (Lipinski definition) is 3. The summed E-state index contributed by atoms with van der Waals surface area (Å²) in [7, 11) is 1.67. The molecule has 0 atom stereocenters. The van der Waals surface area contributed by atoms with Gasteiger partial charge in [0.1, 0.15) is 0 Å². The Hall–Kier alpha value is -1.85. The van der Waals surface area contributed by atoms with Crippen molar-refractivity contribution in [2.45, 2.75) is 19.4 Å². The van der Waals surface area contributed by atoms with E-state index in [1.807, 2.05) is 10.9 Å². The van der Waals surface area contributed by atoms with Crippen molar-refractivity contribution < 1.29 is 14.6 Å². The van der Waals surface area contributed by atoms with Gasteiger partial charge in [-0.15, -0.1) is 0 Å². The van der Waals surface area contributed by atoms with Crippen LogP contribution in [0.4, 0.5) is 0 Å². The van der Waals surface area contributed by atoms with E-state index >= 15 is 0 Å². The van der Waals surface area contributed by atoms with E-state index in [1.165, 1.54) is 0 Å². The minimum Gasteiger partial charge on any atom is -0.481 e.